The molecule has 0 fully saturated rings. The van der Waals surface area contributed by atoms with Gasteiger partial charge < -0.3 is 4.57 Å². The monoisotopic (exact) mass is 261 g/mol. The standard InChI is InChI=1S/C14H16ClN3/c1-4-14(2,3)18-11-7-5-6-10(9-16)13(11)17-12(18)8-15/h5-7H,4,8H2,1-3H3. The van der Waals surface area contributed by atoms with Crippen LogP contribution < -0.4 is 0 Å². The van der Waals surface area contributed by atoms with Gasteiger partial charge in [0.15, 0.2) is 0 Å². The summed E-state index contributed by atoms with van der Waals surface area (Å²) in [6.45, 7) is 6.45. The smallest absolute Gasteiger partial charge is 0.125 e. The number of aromatic nitrogens is 2. The molecule has 0 N–H and O–H groups in total. The molecule has 2 aromatic rings. The Hall–Kier alpha value is -1.53. The van der Waals surface area contributed by atoms with E-state index in [1.165, 1.54) is 0 Å². The molecule has 0 atom stereocenters. The van der Waals surface area contributed by atoms with E-state index < -0.39 is 0 Å². The fourth-order valence-corrected chi connectivity index (χ4v) is 2.34. The lowest BCUT2D eigenvalue weighted by Crippen LogP contribution is -2.26. The molecule has 1 aromatic heterocycles. The Morgan fingerprint density at radius 2 is 2.17 bits per heavy atom. The Bertz CT molecular complexity index is 620. The SMILES string of the molecule is CCC(C)(C)n1c(CCl)nc2c(C#N)cccc21. The van der Waals surface area contributed by atoms with Crippen LogP contribution in [-0.4, -0.2) is 9.55 Å². The maximum Gasteiger partial charge on any atom is 0.125 e. The van der Waals surface area contributed by atoms with Gasteiger partial charge in [0, 0.05) is 5.54 Å². The van der Waals surface area contributed by atoms with Gasteiger partial charge in [0.1, 0.15) is 17.4 Å². The lowest BCUT2D eigenvalue weighted by molar-refractivity contribution is 0.344. The molecule has 18 heavy (non-hydrogen) atoms. The molecule has 1 aromatic carbocycles. The van der Waals surface area contributed by atoms with Gasteiger partial charge >= 0.3 is 0 Å². The van der Waals surface area contributed by atoms with E-state index in [1.807, 2.05) is 12.1 Å². The maximum atomic E-state index is 9.14. The van der Waals surface area contributed by atoms with Crippen LogP contribution in [-0.2, 0) is 11.4 Å². The normalized spacial score (nSPS) is 11.7. The van der Waals surface area contributed by atoms with E-state index in [4.69, 9.17) is 16.9 Å². The zero-order valence-corrected chi connectivity index (χ0v) is 11.6. The lowest BCUT2D eigenvalue weighted by Gasteiger charge is -2.27. The van der Waals surface area contributed by atoms with Crippen molar-refractivity contribution in [1.82, 2.24) is 9.55 Å². The molecule has 4 heteroatoms. The largest absolute Gasteiger partial charge is 0.321 e. The van der Waals surface area contributed by atoms with Crippen molar-refractivity contribution in [2.45, 2.75) is 38.6 Å². The first-order valence-corrected chi connectivity index (χ1v) is 6.55. The zero-order chi connectivity index (χ0) is 13.3. The van der Waals surface area contributed by atoms with E-state index in [2.05, 4.69) is 36.4 Å². The molecule has 94 valence electrons. The Kier molecular flexibility index (Phi) is 3.32. The topological polar surface area (TPSA) is 41.6 Å². The predicted molar refractivity (Wildman–Crippen MR) is 73.6 cm³/mol. The summed E-state index contributed by atoms with van der Waals surface area (Å²) in [6, 6.07) is 7.86. The number of hydrogen-bond acceptors (Lipinski definition) is 2. The van der Waals surface area contributed by atoms with Crippen molar-refractivity contribution in [2.75, 3.05) is 0 Å². The highest BCUT2D eigenvalue weighted by atomic mass is 35.5. The van der Waals surface area contributed by atoms with Crippen LogP contribution in [0.15, 0.2) is 18.2 Å². The molecule has 0 bridgehead atoms. The molecule has 0 saturated heterocycles. The average molecular weight is 262 g/mol. The fourth-order valence-electron chi connectivity index (χ4n) is 2.16. The Morgan fingerprint density at radius 3 is 2.72 bits per heavy atom. The minimum Gasteiger partial charge on any atom is -0.321 e. The van der Waals surface area contributed by atoms with Gasteiger partial charge in [-0.25, -0.2) is 4.98 Å². The van der Waals surface area contributed by atoms with Crippen molar-refractivity contribution in [1.29, 1.82) is 5.26 Å². The first-order chi connectivity index (χ1) is 8.55. The zero-order valence-electron chi connectivity index (χ0n) is 10.9. The van der Waals surface area contributed by atoms with E-state index in [-0.39, 0.29) is 5.54 Å². The van der Waals surface area contributed by atoms with Crippen LogP contribution in [0.1, 0.15) is 38.6 Å². The molecule has 0 radical (unpaired) electrons. The van der Waals surface area contributed by atoms with Crippen molar-refractivity contribution in [3.63, 3.8) is 0 Å². The van der Waals surface area contributed by atoms with E-state index in [1.54, 1.807) is 6.07 Å². The summed E-state index contributed by atoms with van der Waals surface area (Å²) in [5, 5.41) is 9.14. The quantitative estimate of drug-likeness (QED) is 0.789. The molecular formula is C14H16ClN3. The van der Waals surface area contributed by atoms with Crippen molar-refractivity contribution < 1.29 is 0 Å². The number of nitriles is 1. The molecule has 0 aliphatic heterocycles. The first kappa shape index (κ1) is 12.9. The minimum atomic E-state index is -0.0624. The molecule has 0 amide bonds. The second-order valence-corrected chi connectivity index (χ2v) is 5.22. The summed E-state index contributed by atoms with van der Waals surface area (Å²) in [5.41, 5.74) is 2.27. The van der Waals surface area contributed by atoms with Crippen LogP contribution in [0.4, 0.5) is 0 Å². The lowest BCUT2D eigenvalue weighted by atomic mass is 10.0. The van der Waals surface area contributed by atoms with Gasteiger partial charge in [-0.2, -0.15) is 5.26 Å². The molecule has 1 heterocycles. The average Bonchev–Trinajstić information content (AvgIpc) is 2.77. The third-order valence-corrected chi connectivity index (χ3v) is 3.70. The Morgan fingerprint density at radius 1 is 1.44 bits per heavy atom. The number of benzene rings is 1. The number of alkyl halides is 1. The van der Waals surface area contributed by atoms with E-state index in [0.717, 1.165) is 23.3 Å². The second-order valence-electron chi connectivity index (χ2n) is 4.95. The van der Waals surface area contributed by atoms with Crippen LogP contribution in [0.25, 0.3) is 11.0 Å². The summed E-state index contributed by atoms with van der Waals surface area (Å²) < 4.78 is 2.15. The van der Waals surface area contributed by atoms with Crippen molar-refractivity contribution >= 4 is 22.6 Å². The summed E-state index contributed by atoms with van der Waals surface area (Å²) in [6.07, 6.45) is 0.971. The molecule has 0 aliphatic rings. The number of halogens is 1. The van der Waals surface area contributed by atoms with Gasteiger partial charge in [-0.15, -0.1) is 11.6 Å². The van der Waals surface area contributed by atoms with Crippen LogP contribution in [0.5, 0.6) is 0 Å². The van der Waals surface area contributed by atoms with Crippen LogP contribution in [0, 0.1) is 11.3 Å². The third kappa shape index (κ3) is 1.87. The second kappa shape index (κ2) is 4.62. The summed E-state index contributed by atoms with van der Waals surface area (Å²) in [5.74, 6) is 1.17. The van der Waals surface area contributed by atoms with Gasteiger partial charge in [0.2, 0.25) is 0 Å². The number of imidazole rings is 1. The van der Waals surface area contributed by atoms with Gasteiger partial charge in [0.25, 0.3) is 0 Å². The van der Waals surface area contributed by atoms with E-state index >= 15 is 0 Å². The predicted octanol–water partition coefficient (Wildman–Crippen LogP) is 3.79. The number of nitrogens with zero attached hydrogens (tertiary/aromatic N) is 3. The summed E-state index contributed by atoms with van der Waals surface area (Å²) >= 11 is 6.00. The van der Waals surface area contributed by atoms with Crippen molar-refractivity contribution in [3.8, 4) is 6.07 Å². The minimum absolute atomic E-state index is 0.0624. The van der Waals surface area contributed by atoms with Crippen LogP contribution >= 0.6 is 11.6 Å². The molecular weight excluding hydrogens is 246 g/mol. The van der Waals surface area contributed by atoms with E-state index in [9.17, 15) is 0 Å². The highest BCUT2D eigenvalue weighted by Gasteiger charge is 2.24. The van der Waals surface area contributed by atoms with Crippen molar-refractivity contribution in [3.05, 3.63) is 29.6 Å². The Balaban J connectivity index is 2.84. The number of hydrogen-bond donors (Lipinski definition) is 0. The number of rotatable bonds is 3. The molecule has 0 aliphatic carbocycles. The van der Waals surface area contributed by atoms with Crippen LogP contribution in [0.3, 0.4) is 0 Å². The molecule has 3 nitrogen and oxygen atoms in total. The van der Waals surface area contributed by atoms with Gasteiger partial charge in [0.05, 0.1) is 17.0 Å². The maximum absolute atomic E-state index is 9.14. The van der Waals surface area contributed by atoms with Crippen molar-refractivity contribution in [2.24, 2.45) is 0 Å². The summed E-state index contributed by atoms with van der Waals surface area (Å²) in [4.78, 5) is 4.52. The molecule has 0 spiro atoms. The fraction of sp³-hybridized carbons (Fsp3) is 0.429. The molecule has 0 saturated carbocycles. The molecule has 0 unspecified atom stereocenters. The Labute approximate surface area is 112 Å². The highest BCUT2D eigenvalue weighted by Crippen LogP contribution is 2.29. The van der Waals surface area contributed by atoms with Gasteiger partial charge in [-0.3, -0.25) is 0 Å². The summed E-state index contributed by atoms with van der Waals surface area (Å²) in [7, 11) is 0. The molecule has 2 rings (SSSR count). The third-order valence-electron chi connectivity index (χ3n) is 3.47. The number of para-hydroxylation sites is 1. The van der Waals surface area contributed by atoms with Gasteiger partial charge in [-0.1, -0.05) is 13.0 Å². The number of fused-ring (bicyclic) bond motifs is 1. The first-order valence-electron chi connectivity index (χ1n) is 6.02. The van der Waals surface area contributed by atoms with Gasteiger partial charge in [-0.05, 0) is 32.4 Å². The highest BCUT2D eigenvalue weighted by molar-refractivity contribution is 6.16. The van der Waals surface area contributed by atoms with Crippen LogP contribution in [0.2, 0.25) is 0 Å². The van der Waals surface area contributed by atoms with E-state index in [0.29, 0.717) is 11.4 Å².